The van der Waals surface area contributed by atoms with Crippen molar-refractivity contribution in [1.82, 2.24) is 0 Å². The molecule has 1 aliphatic rings. The molecule has 1 aromatic carbocycles. The first-order valence-electron chi connectivity index (χ1n) is 9.95. The minimum atomic E-state index is -4.06. The van der Waals surface area contributed by atoms with E-state index in [9.17, 15) is 22.8 Å². The average Bonchev–Trinajstić information content (AvgIpc) is 3.12. The quantitative estimate of drug-likeness (QED) is 0.553. The molecule has 1 aromatic heterocycles. The van der Waals surface area contributed by atoms with Crippen LogP contribution in [0.2, 0.25) is 0 Å². The van der Waals surface area contributed by atoms with Crippen LogP contribution in [0.1, 0.15) is 44.5 Å². The fraction of sp³-hybridized carbons (Fsp3) is 0.381. The molecule has 1 aliphatic carbocycles. The van der Waals surface area contributed by atoms with Gasteiger partial charge in [-0.25, -0.2) is 23.1 Å². The molecule has 0 bridgehead atoms. The molecule has 33 heavy (non-hydrogen) atoms. The van der Waals surface area contributed by atoms with Crippen molar-refractivity contribution in [3.05, 3.63) is 39.8 Å². The van der Waals surface area contributed by atoms with Crippen LogP contribution >= 0.6 is 11.3 Å². The van der Waals surface area contributed by atoms with Gasteiger partial charge >= 0.3 is 11.9 Å². The van der Waals surface area contributed by atoms with Crippen molar-refractivity contribution in [2.75, 3.05) is 26.1 Å². The van der Waals surface area contributed by atoms with Crippen molar-refractivity contribution in [2.24, 2.45) is 11.1 Å². The first-order chi connectivity index (χ1) is 15.5. The number of nitrogens with one attached hydrogen (secondary N) is 1. The summed E-state index contributed by atoms with van der Waals surface area (Å²) in [6.07, 6.45) is 2.44. The monoisotopic (exact) mass is 496 g/mol. The summed E-state index contributed by atoms with van der Waals surface area (Å²) in [5.74, 6) is -1.66. The highest BCUT2D eigenvalue weighted by Crippen LogP contribution is 2.40. The summed E-state index contributed by atoms with van der Waals surface area (Å²) in [6.45, 7) is 1.46. The zero-order valence-electron chi connectivity index (χ0n) is 18.3. The van der Waals surface area contributed by atoms with Crippen LogP contribution in [0.5, 0.6) is 5.75 Å². The molecule has 1 heterocycles. The molecule has 0 saturated heterocycles. The number of rotatable bonds is 7. The lowest BCUT2D eigenvalue weighted by Gasteiger charge is -2.18. The van der Waals surface area contributed by atoms with E-state index in [1.165, 1.54) is 37.7 Å². The van der Waals surface area contributed by atoms with E-state index in [2.05, 4.69) is 12.2 Å². The topological polar surface area (TPSA) is 151 Å². The van der Waals surface area contributed by atoms with Crippen LogP contribution in [-0.4, -0.2) is 47.1 Å². The molecule has 1 unspecified atom stereocenters. The van der Waals surface area contributed by atoms with Crippen molar-refractivity contribution < 1.29 is 37.0 Å². The Kier molecular flexibility index (Phi) is 7.40. The Morgan fingerprint density at radius 2 is 1.94 bits per heavy atom. The minimum absolute atomic E-state index is 0.0563. The minimum Gasteiger partial charge on any atom is -0.496 e. The molecular formula is C21H24N2O8S2. The van der Waals surface area contributed by atoms with Gasteiger partial charge in [-0.1, -0.05) is 6.92 Å². The standard InChI is InChI=1S/C21H24N2O8S2/c1-11-4-6-13-16(8-11)32-19(18(13)21(26)30-3)23-17(24)10-31-20(25)14-9-12(33(22,27)28)5-7-15(14)29-2/h5,7,9,11H,4,6,8,10H2,1-3H3,(H,23,24)(H2,22,27,28). The van der Waals surface area contributed by atoms with Gasteiger partial charge < -0.3 is 19.5 Å². The van der Waals surface area contributed by atoms with Crippen molar-refractivity contribution in [1.29, 1.82) is 0 Å². The zero-order chi connectivity index (χ0) is 24.3. The molecule has 1 amide bonds. The van der Waals surface area contributed by atoms with Gasteiger partial charge in [-0.3, -0.25) is 4.79 Å². The second kappa shape index (κ2) is 9.89. The number of fused-ring (bicyclic) bond motifs is 1. The number of carbonyl (C=O) groups excluding carboxylic acids is 3. The number of thiophene rings is 1. The number of nitrogens with two attached hydrogens (primary N) is 1. The summed E-state index contributed by atoms with van der Waals surface area (Å²) in [5.41, 5.74) is 1.00. The van der Waals surface area contributed by atoms with Crippen molar-refractivity contribution in [2.45, 2.75) is 31.1 Å². The normalized spacial score (nSPS) is 15.3. The van der Waals surface area contributed by atoms with Crippen molar-refractivity contribution >= 4 is 44.2 Å². The first kappa shape index (κ1) is 24.7. The van der Waals surface area contributed by atoms with Gasteiger partial charge in [-0.05, 0) is 48.9 Å². The maximum Gasteiger partial charge on any atom is 0.342 e. The van der Waals surface area contributed by atoms with Crippen LogP contribution in [0.25, 0.3) is 0 Å². The van der Waals surface area contributed by atoms with E-state index in [1.54, 1.807) is 0 Å². The number of sulfonamides is 1. The number of benzene rings is 1. The SMILES string of the molecule is COC(=O)c1c(NC(=O)COC(=O)c2cc(S(N)(=O)=O)ccc2OC)sc2c1CCC(C)C2. The van der Waals surface area contributed by atoms with Crippen LogP contribution in [-0.2, 0) is 37.1 Å². The summed E-state index contributed by atoms with van der Waals surface area (Å²) in [4.78, 5) is 38.0. The van der Waals surface area contributed by atoms with Crippen molar-refractivity contribution in [3.8, 4) is 5.75 Å². The summed E-state index contributed by atoms with van der Waals surface area (Å²) in [5, 5.41) is 8.07. The average molecular weight is 497 g/mol. The molecule has 1 atom stereocenters. The van der Waals surface area contributed by atoms with E-state index in [0.717, 1.165) is 29.3 Å². The smallest absolute Gasteiger partial charge is 0.342 e. The summed E-state index contributed by atoms with van der Waals surface area (Å²) in [6, 6.07) is 3.46. The molecule has 0 spiro atoms. The van der Waals surface area contributed by atoms with E-state index < -0.39 is 34.5 Å². The van der Waals surface area contributed by atoms with Crippen LogP contribution in [0.15, 0.2) is 23.1 Å². The van der Waals surface area contributed by atoms with E-state index >= 15 is 0 Å². The Morgan fingerprint density at radius 1 is 1.21 bits per heavy atom. The van der Waals surface area contributed by atoms with Gasteiger partial charge in [0.2, 0.25) is 10.0 Å². The van der Waals surface area contributed by atoms with E-state index in [-0.39, 0.29) is 16.2 Å². The number of primary sulfonamides is 1. The summed E-state index contributed by atoms with van der Waals surface area (Å²) in [7, 11) is -1.50. The number of hydrogen-bond acceptors (Lipinski definition) is 9. The molecule has 0 radical (unpaired) electrons. The molecule has 0 aliphatic heterocycles. The molecule has 3 rings (SSSR count). The molecule has 0 saturated carbocycles. The Bertz CT molecular complexity index is 1200. The Balaban J connectivity index is 1.75. The fourth-order valence-electron chi connectivity index (χ4n) is 3.55. The number of carbonyl (C=O) groups is 3. The molecule has 178 valence electrons. The number of hydrogen-bond donors (Lipinski definition) is 2. The lowest BCUT2D eigenvalue weighted by atomic mass is 9.88. The number of ether oxygens (including phenoxy) is 3. The number of amides is 1. The van der Waals surface area contributed by atoms with E-state index in [4.69, 9.17) is 19.3 Å². The lowest BCUT2D eigenvalue weighted by Crippen LogP contribution is -2.22. The van der Waals surface area contributed by atoms with E-state index in [0.29, 0.717) is 22.9 Å². The van der Waals surface area contributed by atoms with Gasteiger partial charge in [0, 0.05) is 4.88 Å². The van der Waals surface area contributed by atoms with Gasteiger partial charge in [0.15, 0.2) is 6.61 Å². The highest BCUT2D eigenvalue weighted by atomic mass is 32.2. The van der Waals surface area contributed by atoms with Crippen LogP contribution < -0.4 is 15.2 Å². The van der Waals surface area contributed by atoms with Crippen LogP contribution in [0.4, 0.5) is 5.00 Å². The third kappa shape index (κ3) is 5.52. The van der Waals surface area contributed by atoms with Gasteiger partial charge in [0.25, 0.3) is 5.91 Å². The maximum absolute atomic E-state index is 12.5. The highest BCUT2D eigenvalue weighted by Gasteiger charge is 2.29. The third-order valence-corrected chi connectivity index (χ3v) is 7.29. The maximum atomic E-state index is 12.5. The second-order valence-corrected chi connectivity index (χ2v) is 10.2. The zero-order valence-corrected chi connectivity index (χ0v) is 19.9. The van der Waals surface area contributed by atoms with Gasteiger partial charge in [-0.15, -0.1) is 11.3 Å². The summed E-state index contributed by atoms with van der Waals surface area (Å²) >= 11 is 1.31. The predicted octanol–water partition coefficient (Wildman–Crippen LogP) is 2.11. The second-order valence-electron chi connectivity index (χ2n) is 7.58. The third-order valence-electron chi connectivity index (χ3n) is 5.21. The van der Waals surface area contributed by atoms with Gasteiger partial charge in [-0.2, -0.15) is 0 Å². The molecule has 2 aromatic rings. The fourth-order valence-corrected chi connectivity index (χ4v) is 5.51. The molecule has 10 nitrogen and oxygen atoms in total. The Hall–Kier alpha value is -2.96. The van der Waals surface area contributed by atoms with Gasteiger partial charge in [0.1, 0.15) is 16.3 Å². The largest absolute Gasteiger partial charge is 0.496 e. The number of esters is 2. The van der Waals surface area contributed by atoms with Gasteiger partial charge in [0.05, 0.1) is 24.7 Å². The van der Waals surface area contributed by atoms with Crippen LogP contribution in [0, 0.1) is 5.92 Å². The predicted molar refractivity (Wildman–Crippen MR) is 120 cm³/mol. The Labute approximate surface area is 195 Å². The number of methoxy groups -OCH3 is 2. The number of anilines is 1. The van der Waals surface area contributed by atoms with E-state index in [1.807, 2.05) is 0 Å². The highest BCUT2D eigenvalue weighted by molar-refractivity contribution is 7.89. The first-order valence-corrected chi connectivity index (χ1v) is 12.3. The Morgan fingerprint density at radius 3 is 2.58 bits per heavy atom. The van der Waals surface area contributed by atoms with Crippen molar-refractivity contribution in [3.63, 3.8) is 0 Å². The molecule has 3 N–H and O–H groups in total. The molecule has 0 fully saturated rings. The molecule has 12 heteroatoms. The molecular weight excluding hydrogens is 472 g/mol. The van der Waals surface area contributed by atoms with Crippen LogP contribution in [0.3, 0.4) is 0 Å². The lowest BCUT2D eigenvalue weighted by molar-refractivity contribution is -0.119. The summed E-state index contributed by atoms with van der Waals surface area (Å²) < 4.78 is 38.1.